The average molecular weight is 252 g/mol. The molecule has 0 spiro atoms. The second kappa shape index (κ2) is 5.82. The number of benzene rings is 1. The number of hydrogen-bond donors (Lipinski definition) is 1. The highest BCUT2D eigenvalue weighted by molar-refractivity contribution is 8.13. The third-order valence-electron chi connectivity index (χ3n) is 2.43. The van der Waals surface area contributed by atoms with Crippen LogP contribution in [0, 0.1) is 0 Å². The summed E-state index contributed by atoms with van der Waals surface area (Å²) in [6.07, 6.45) is 0. The normalized spacial score (nSPS) is 14.1. The summed E-state index contributed by atoms with van der Waals surface area (Å²) in [5.74, 6) is 2.50. The summed E-state index contributed by atoms with van der Waals surface area (Å²) in [6.45, 7) is 1.83. The Bertz CT molecular complexity index is 399. The van der Waals surface area contributed by atoms with E-state index in [-0.39, 0.29) is 0 Å². The molecule has 17 heavy (non-hydrogen) atoms. The number of amidine groups is 1. The van der Waals surface area contributed by atoms with E-state index in [4.69, 9.17) is 9.47 Å². The molecule has 0 unspecified atom stereocenters. The van der Waals surface area contributed by atoms with E-state index in [1.807, 2.05) is 18.2 Å². The lowest BCUT2D eigenvalue weighted by Gasteiger charge is -2.08. The molecule has 1 aliphatic heterocycles. The van der Waals surface area contributed by atoms with Crippen LogP contribution in [-0.2, 0) is 5.75 Å². The highest BCUT2D eigenvalue weighted by atomic mass is 32.2. The van der Waals surface area contributed by atoms with Crippen molar-refractivity contribution in [2.24, 2.45) is 4.99 Å². The molecule has 0 atom stereocenters. The second-order valence-corrected chi connectivity index (χ2v) is 4.59. The lowest BCUT2D eigenvalue weighted by atomic mass is 10.2. The van der Waals surface area contributed by atoms with Crippen LogP contribution in [0.15, 0.2) is 23.2 Å². The molecule has 1 N–H and O–H groups in total. The maximum absolute atomic E-state index is 5.23. The summed E-state index contributed by atoms with van der Waals surface area (Å²) in [4.78, 5) is 4.34. The standard InChI is InChI=1S/C12H16N2O2S/c1-15-10-5-9(6-11(7-10)16-2)8-17-12-13-3-4-14-12/h5-7H,3-4,8H2,1-2H3,(H,13,14). The third kappa shape index (κ3) is 3.30. The second-order valence-electron chi connectivity index (χ2n) is 3.62. The Morgan fingerprint density at radius 2 is 1.94 bits per heavy atom. The predicted molar refractivity (Wildman–Crippen MR) is 71.1 cm³/mol. The highest BCUT2D eigenvalue weighted by Crippen LogP contribution is 2.25. The van der Waals surface area contributed by atoms with Gasteiger partial charge in [0, 0.05) is 18.4 Å². The maximum atomic E-state index is 5.23. The van der Waals surface area contributed by atoms with Crippen molar-refractivity contribution in [3.05, 3.63) is 23.8 Å². The molecule has 1 heterocycles. The van der Waals surface area contributed by atoms with E-state index in [9.17, 15) is 0 Å². The molecule has 1 aromatic carbocycles. The highest BCUT2D eigenvalue weighted by Gasteiger charge is 2.07. The van der Waals surface area contributed by atoms with E-state index in [2.05, 4.69) is 10.3 Å². The molecule has 0 amide bonds. The average Bonchev–Trinajstić information content (AvgIpc) is 2.89. The molecule has 0 radical (unpaired) electrons. The first-order valence-corrected chi connectivity index (χ1v) is 6.43. The Labute approximate surface area is 105 Å². The SMILES string of the molecule is COc1cc(CSC2=NCCN2)cc(OC)c1. The zero-order valence-electron chi connectivity index (χ0n) is 10.0. The van der Waals surface area contributed by atoms with Crippen LogP contribution in [0.25, 0.3) is 0 Å². The van der Waals surface area contributed by atoms with Gasteiger partial charge in [0.2, 0.25) is 0 Å². The minimum atomic E-state index is 0.821. The van der Waals surface area contributed by atoms with E-state index in [1.54, 1.807) is 26.0 Å². The third-order valence-corrected chi connectivity index (χ3v) is 3.45. The minimum absolute atomic E-state index is 0.821. The Morgan fingerprint density at radius 1 is 1.24 bits per heavy atom. The predicted octanol–water partition coefficient (Wildman–Crippen LogP) is 1.90. The van der Waals surface area contributed by atoms with Gasteiger partial charge < -0.3 is 14.8 Å². The van der Waals surface area contributed by atoms with Gasteiger partial charge in [-0.1, -0.05) is 11.8 Å². The lowest BCUT2D eigenvalue weighted by Crippen LogP contribution is -2.15. The van der Waals surface area contributed by atoms with Gasteiger partial charge in [-0.25, -0.2) is 0 Å². The molecule has 1 aromatic rings. The van der Waals surface area contributed by atoms with E-state index in [1.165, 1.54) is 5.56 Å². The fraction of sp³-hybridized carbons (Fsp3) is 0.417. The van der Waals surface area contributed by atoms with Gasteiger partial charge in [-0.15, -0.1) is 0 Å². The monoisotopic (exact) mass is 252 g/mol. The van der Waals surface area contributed by atoms with Gasteiger partial charge in [-0.3, -0.25) is 4.99 Å². The molecule has 2 rings (SSSR count). The summed E-state index contributed by atoms with van der Waals surface area (Å²) in [6, 6.07) is 5.91. The zero-order valence-corrected chi connectivity index (χ0v) is 10.8. The number of thioether (sulfide) groups is 1. The van der Waals surface area contributed by atoms with Gasteiger partial charge in [-0.2, -0.15) is 0 Å². The summed E-state index contributed by atoms with van der Waals surface area (Å²) in [7, 11) is 3.32. The molecule has 4 nitrogen and oxygen atoms in total. The summed E-state index contributed by atoms with van der Waals surface area (Å²) >= 11 is 1.70. The molecule has 0 saturated heterocycles. The maximum Gasteiger partial charge on any atom is 0.157 e. The van der Waals surface area contributed by atoms with Crippen molar-refractivity contribution in [1.29, 1.82) is 0 Å². The molecule has 0 saturated carbocycles. The molecule has 1 aliphatic rings. The first kappa shape index (κ1) is 12.1. The quantitative estimate of drug-likeness (QED) is 0.888. The Kier molecular flexibility index (Phi) is 4.14. The van der Waals surface area contributed by atoms with Crippen molar-refractivity contribution in [3.8, 4) is 11.5 Å². The first-order chi connectivity index (χ1) is 8.31. The fourth-order valence-corrected chi connectivity index (χ4v) is 2.43. The van der Waals surface area contributed by atoms with Gasteiger partial charge in [0.15, 0.2) is 5.17 Å². The van der Waals surface area contributed by atoms with Crippen LogP contribution in [0.3, 0.4) is 0 Å². The zero-order chi connectivity index (χ0) is 12.1. The van der Waals surface area contributed by atoms with Gasteiger partial charge >= 0.3 is 0 Å². The van der Waals surface area contributed by atoms with Crippen LogP contribution >= 0.6 is 11.8 Å². The van der Waals surface area contributed by atoms with Crippen LogP contribution in [-0.4, -0.2) is 32.5 Å². The van der Waals surface area contributed by atoms with Gasteiger partial charge in [-0.05, 0) is 17.7 Å². The number of methoxy groups -OCH3 is 2. The number of nitrogens with one attached hydrogen (secondary N) is 1. The number of nitrogens with zero attached hydrogens (tertiary/aromatic N) is 1. The van der Waals surface area contributed by atoms with Crippen LogP contribution in [0.1, 0.15) is 5.56 Å². The van der Waals surface area contributed by atoms with Crippen molar-refractivity contribution in [1.82, 2.24) is 5.32 Å². The topological polar surface area (TPSA) is 42.8 Å². The van der Waals surface area contributed by atoms with Crippen LogP contribution in [0.2, 0.25) is 0 Å². The molecule has 0 fully saturated rings. The molecule has 92 valence electrons. The molecular weight excluding hydrogens is 236 g/mol. The van der Waals surface area contributed by atoms with Crippen LogP contribution in [0.5, 0.6) is 11.5 Å². The van der Waals surface area contributed by atoms with E-state index >= 15 is 0 Å². The first-order valence-electron chi connectivity index (χ1n) is 5.45. The minimum Gasteiger partial charge on any atom is -0.497 e. The van der Waals surface area contributed by atoms with Crippen molar-refractivity contribution in [2.45, 2.75) is 5.75 Å². The number of aliphatic imine (C=N–C) groups is 1. The summed E-state index contributed by atoms with van der Waals surface area (Å²) in [5.41, 5.74) is 1.17. The van der Waals surface area contributed by atoms with Crippen LogP contribution in [0.4, 0.5) is 0 Å². The Morgan fingerprint density at radius 3 is 2.47 bits per heavy atom. The molecular formula is C12H16N2O2S. The van der Waals surface area contributed by atoms with E-state index in [0.29, 0.717) is 0 Å². The largest absolute Gasteiger partial charge is 0.497 e. The lowest BCUT2D eigenvalue weighted by molar-refractivity contribution is 0.393. The summed E-state index contributed by atoms with van der Waals surface area (Å²) < 4.78 is 10.5. The fourth-order valence-electron chi connectivity index (χ4n) is 1.57. The molecule has 5 heteroatoms. The Hall–Kier alpha value is -1.36. The van der Waals surface area contributed by atoms with Gasteiger partial charge in [0.25, 0.3) is 0 Å². The number of hydrogen-bond acceptors (Lipinski definition) is 5. The molecule has 0 aliphatic carbocycles. The summed E-state index contributed by atoms with van der Waals surface area (Å²) in [5, 5.41) is 4.25. The van der Waals surface area contributed by atoms with Crippen molar-refractivity contribution in [2.75, 3.05) is 27.3 Å². The molecule has 0 bridgehead atoms. The van der Waals surface area contributed by atoms with E-state index in [0.717, 1.165) is 35.5 Å². The number of ether oxygens (including phenoxy) is 2. The molecule has 0 aromatic heterocycles. The van der Waals surface area contributed by atoms with Crippen molar-refractivity contribution in [3.63, 3.8) is 0 Å². The van der Waals surface area contributed by atoms with Gasteiger partial charge in [0.05, 0.1) is 20.8 Å². The van der Waals surface area contributed by atoms with Crippen molar-refractivity contribution >= 4 is 16.9 Å². The van der Waals surface area contributed by atoms with Crippen LogP contribution < -0.4 is 14.8 Å². The van der Waals surface area contributed by atoms with Crippen molar-refractivity contribution < 1.29 is 9.47 Å². The van der Waals surface area contributed by atoms with E-state index < -0.39 is 0 Å². The smallest absolute Gasteiger partial charge is 0.157 e. The number of rotatable bonds is 4. The Balaban J connectivity index is 2.03. The van der Waals surface area contributed by atoms with Gasteiger partial charge in [0.1, 0.15) is 11.5 Å².